The van der Waals surface area contributed by atoms with Gasteiger partial charge in [0.25, 0.3) is 5.71 Å². The van der Waals surface area contributed by atoms with E-state index in [0.29, 0.717) is 24.4 Å². The van der Waals surface area contributed by atoms with Crippen LogP contribution in [-0.2, 0) is 17.6 Å². The van der Waals surface area contributed by atoms with E-state index in [1.54, 1.807) is 0 Å². The van der Waals surface area contributed by atoms with Crippen LogP contribution < -0.4 is 10.2 Å². The van der Waals surface area contributed by atoms with Crippen molar-refractivity contribution in [2.45, 2.75) is 65.7 Å². The first kappa shape index (κ1) is 21.3. The zero-order valence-corrected chi connectivity index (χ0v) is 18.7. The van der Waals surface area contributed by atoms with E-state index in [9.17, 15) is 4.79 Å². The average Bonchev–Trinajstić information content (AvgIpc) is 2.97. The predicted octanol–water partition coefficient (Wildman–Crippen LogP) is 4.75. The van der Waals surface area contributed by atoms with Crippen molar-refractivity contribution in [3.63, 3.8) is 0 Å². The Labute approximate surface area is 183 Å². The Hall–Kier alpha value is -2.96. The molecule has 31 heavy (non-hydrogen) atoms. The summed E-state index contributed by atoms with van der Waals surface area (Å²) >= 11 is 0. The van der Waals surface area contributed by atoms with E-state index in [2.05, 4.69) is 33.3 Å². The molecule has 164 valence electrons. The molecule has 1 aromatic carbocycles. The molecule has 0 aliphatic carbocycles. The molecule has 7 nitrogen and oxygen atoms in total. The number of benzene rings is 1. The van der Waals surface area contributed by atoms with Crippen LogP contribution in [-0.4, -0.2) is 34.1 Å². The van der Waals surface area contributed by atoms with Gasteiger partial charge in [0.2, 0.25) is 5.91 Å². The first-order valence-corrected chi connectivity index (χ1v) is 11.3. The number of carbonyl (C=O) groups excluding carboxylic acids is 1. The third kappa shape index (κ3) is 4.70. The van der Waals surface area contributed by atoms with Crippen molar-refractivity contribution in [3.8, 4) is 0 Å². The number of anilines is 2. The first-order valence-electron chi connectivity index (χ1n) is 11.3. The average molecular weight is 422 g/mol. The molecule has 1 N–H and O–H groups in total. The molecule has 0 atom stereocenters. The molecule has 1 aliphatic heterocycles. The van der Waals surface area contributed by atoms with Crippen LogP contribution in [0.15, 0.2) is 22.7 Å². The Bertz CT molecular complexity index is 1070. The van der Waals surface area contributed by atoms with Crippen LogP contribution in [0.2, 0.25) is 0 Å². The Kier molecular flexibility index (Phi) is 6.49. The van der Waals surface area contributed by atoms with Crippen LogP contribution in [0.4, 0.5) is 11.5 Å². The van der Waals surface area contributed by atoms with Crippen LogP contribution in [0.5, 0.6) is 0 Å². The molecule has 0 unspecified atom stereocenters. The SMILES string of the molecule is CCc1cccc(C)c1NC(=O)CCc1nc(N2CCCCCC2)c2c(C)noc2n1. The molecule has 3 aromatic rings. The Morgan fingerprint density at radius 3 is 2.65 bits per heavy atom. The summed E-state index contributed by atoms with van der Waals surface area (Å²) < 4.78 is 5.47. The van der Waals surface area contributed by atoms with E-state index >= 15 is 0 Å². The van der Waals surface area contributed by atoms with E-state index in [0.717, 1.165) is 66.1 Å². The standard InChI is InChI=1S/C24H31N5O2/c1-4-18-11-9-10-16(2)22(18)27-20(30)13-12-19-25-23(29-14-7-5-6-8-15-29)21-17(3)28-31-24(21)26-19/h9-11H,4-8,12-15H2,1-3H3,(H,27,30). The van der Waals surface area contributed by atoms with Gasteiger partial charge >= 0.3 is 0 Å². The highest BCUT2D eigenvalue weighted by atomic mass is 16.5. The summed E-state index contributed by atoms with van der Waals surface area (Å²) in [6, 6.07) is 6.10. The third-order valence-corrected chi connectivity index (χ3v) is 6.02. The molecule has 1 aliphatic rings. The van der Waals surface area contributed by atoms with E-state index in [1.165, 1.54) is 12.8 Å². The minimum atomic E-state index is -0.0298. The maximum Gasteiger partial charge on any atom is 0.263 e. The van der Waals surface area contributed by atoms with Crippen molar-refractivity contribution < 1.29 is 9.32 Å². The highest BCUT2D eigenvalue weighted by Gasteiger charge is 2.21. The van der Waals surface area contributed by atoms with Crippen molar-refractivity contribution in [1.29, 1.82) is 0 Å². The van der Waals surface area contributed by atoms with Crippen molar-refractivity contribution >= 4 is 28.5 Å². The maximum atomic E-state index is 12.7. The van der Waals surface area contributed by atoms with Gasteiger partial charge in [-0.1, -0.05) is 43.1 Å². The zero-order chi connectivity index (χ0) is 21.8. The van der Waals surface area contributed by atoms with Crippen LogP contribution >= 0.6 is 0 Å². The summed E-state index contributed by atoms with van der Waals surface area (Å²) in [5.41, 5.74) is 4.46. The van der Waals surface area contributed by atoms with E-state index in [-0.39, 0.29) is 5.91 Å². The summed E-state index contributed by atoms with van der Waals surface area (Å²) in [7, 11) is 0. The molecule has 1 saturated heterocycles. The second-order valence-corrected chi connectivity index (χ2v) is 8.32. The third-order valence-electron chi connectivity index (χ3n) is 6.02. The smallest absolute Gasteiger partial charge is 0.263 e. The molecule has 0 radical (unpaired) electrons. The lowest BCUT2D eigenvalue weighted by Gasteiger charge is -2.22. The lowest BCUT2D eigenvalue weighted by molar-refractivity contribution is -0.116. The van der Waals surface area contributed by atoms with Gasteiger partial charge in [-0.3, -0.25) is 4.79 Å². The Balaban J connectivity index is 1.53. The van der Waals surface area contributed by atoms with E-state index in [4.69, 9.17) is 9.51 Å². The highest BCUT2D eigenvalue weighted by Crippen LogP contribution is 2.29. The number of fused-ring (bicyclic) bond motifs is 1. The molecule has 7 heteroatoms. The number of para-hydroxylation sites is 1. The minimum Gasteiger partial charge on any atom is -0.356 e. The Morgan fingerprint density at radius 1 is 1.13 bits per heavy atom. The molecule has 2 aromatic heterocycles. The van der Waals surface area contributed by atoms with Crippen molar-refractivity contribution in [1.82, 2.24) is 15.1 Å². The molecule has 0 bridgehead atoms. The summed E-state index contributed by atoms with van der Waals surface area (Å²) in [4.78, 5) is 24.4. The number of rotatable bonds is 6. The number of nitrogens with zero attached hydrogens (tertiary/aromatic N) is 4. The molecule has 0 spiro atoms. The maximum absolute atomic E-state index is 12.7. The molecular formula is C24H31N5O2. The van der Waals surface area contributed by atoms with Crippen LogP contribution in [0.1, 0.15) is 61.7 Å². The Morgan fingerprint density at radius 2 is 1.90 bits per heavy atom. The second-order valence-electron chi connectivity index (χ2n) is 8.32. The van der Waals surface area contributed by atoms with E-state index < -0.39 is 0 Å². The summed E-state index contributed by atoms with van der Waals surface area (Å²) in [6.07, 6.45) is 6.46. The van der Waals surface area contributed by atoms with Gasteiger partial charge in [0, 0.05) is 31.6 Å². The lowest BCUT2D eigenvalue weighted by Crippen LogP contribution is -2.26. The molecule has 4 rings (SSSR count). The zero-order valence-electron chi connectivity index (χ0n) is 18.7. The number of amides is 1. The first-order chi connectivity index (χ1) is 15.1. The number of hydrogen-bond donors (Lipinski definition) is 1. The fraction of sp³-hybridized carbons (Fsp3) is 0.500. The summed E-state index contributed by atoms with van der Waals surface area (Å²) in [5, 5.41) is 8.09. The van der Waals surface area contributed by atoms with E-state index in [1.807, 2.05) is 26.0 Å². The fourth-order valence-electron chi connectivity index (χ4n) is 4.26. The van der Waals surface area contributed by atoms with Gasteiger partial charge in [-0.15, -0.1) is 0 Å². The van der Waals surface area contributed by atoms with Crippen molar-refractivity contribution in [2.24, 2.45) is 0 Å². The van der Waals surface area contributed by atoms with Gasteiger partial charge in [0.05, 0.1) is 5.69 Å². The molecule has 1 amide bonds. The van der Waals surface area contributed by atoms with Gasteiger partial charge in [-0.2, -0.15) is 4.98 Å². The number of nitrogens with one attached hydrogen (secondary N) is 1. The van der Waals surface area contributed by atoms with Crippen LogP contribution in [0, 0.1) is 13.8 Å². The lowest BCUT2D eigenvalue weighted by atomic mass is 10.1. The molecule has 0 saturated carbocycles. The molecule has 3 heterocycles. The van der Waals surface area contributed by atoms with Gasteiger partial charge in [-0.05, 0) is 44.2 Å². The number of carbonyl (C=O) groups is 1. The summed E-state index contributed by atoms with van der Waals surface area (Å²) in [6.45, 7) is 7.99. The normalized spacial score (nSPS) is 14.6. The monoisotopic (exact) mass is 421 g/mol. The predicted molar refractivity (Wildman–Crippen MR) is 123 cm³/mol. The quantitative estimate of drug-likeness (QED) is 0.618. The largest absolute Gasteiger partial charge is 0.356 e. The van der Waals surface area contributed by atoms with Crippen LogP contribution in [0.25, 0.3) is 11.1 Å². The number of aromatic nitrogens is 3. The number of aryl methyl sites for hydroxylation is 4. The van der Waals surface area contributed by atoms with Gasteiger partial charge in [0.1, 0.15) is 17.0 Å². The van der Waals surface area contributed by atoms with Crippen molar-refractivity contribution in [2.75, 3.05) is 23.3 Å². The molecule has 1 fully saturated rings. The second kappa shape index (κ2) is 9.45. The van der Waals surface area contributed by atoms with Gasteiger partial charge in [-0.25, -0.2) is 4.98 Å². The summed E-state index contributed by atoms with van der Waals surface area (Å²) in [5.74, 6) is 1.49. The van der Waals surface area contributed by atoms with Gasteiger partial charge in [0.15, 0.2) is 0 Å². The highest BCUT2D eigenvalue weighted by molar-refractivity contribution is 5.92. The fourth-order valence-corrected chi connectivity index (χ4v) is 4.26. The van der Waals surface area contributed by atoms with Crippen LogP contribution in [0.3, 0.4) is 0 Å². The van der Waals surface area contributed by atoms with Crippen molar-refractivity contribution in [3.05, 3.63) is 40.8 Å². The molecular weight excluding hydrogens is 390 g/mol. The topological polar surface area (TPSA) is 84.2 Å². The number of hydrogen-bond acceptors (Lipinski definition) is 6. The van der Waals surface area contributed by atoms with Gasteiger partial charge < -0.3 is 14.7 Å². The minimum absolute atomic E-state index is 0.0298.